The number of aliphatic hydroxyl groups excluding tert-OH is 1. The van der Waals surface area contributed by atoms with Crippen molar-refractivity contribution in [2.24, 2.45) is 0 Å². The van der Waals surface area contributed by atoms with Crippen LogP contribution in [0.2, 0.25) is 0 Å². The van der Waals surface area contributed by atoms with E-state index in [1.807, 2.05) is 0 Å². The molecule has 2 aliphatic carbocycles. The normalized spacial score (nSPS) is 20.8. The van der Waals surface area contributed by atoms with Crippen LogP contribution in [0.3, 0.4) is 0 Å². The Morgan fingerprint density at radius 3 is 2.35 bits per heavy atom. The van der Waals surface area contributed by atoms with Gasteiger partial charge in [-0.25, -0.2) is 4.79 Å². The minimum absolute atomic E-state index is 0.0784. The number of carbonyl (C=O) groups excluding carboxylic acids is 3. The highest BCUT2D eigenvalue weighted by molar-refractivity contribution is 7.08. The number of phenols is 2. The molecule has 0 bridgehead atoms. The lowest BCUT2D eigenvalue weighted by Crippen LogP contribution is -2.43. The molecule has 1 amide bonds. The third-order valence-corrected chi connectivity index (χ3v) is 6.80. The zero-order valence-corrected chi connectivity index (χ0v) is 18.4. The van der Waals surface area contributed by atoms with Crippen LogP contribution >= 0.6 is 11.3 Å². The lowest BCUT2D eigenvalue weighted by Gasteiger charge is -2.37. The summed E-state index contributed by atoms with van der Waals surface area (Å²) in [4.78, 5) is 38.2. The summed E-state index contributed by atoms with van der Waals surface area (Å²) in [5.41, 5.74) is -2.09. The van der Waals surface area contributed by atoms with E-state index in [1.165, 1.54) is 23.5 Å². The fraction of sp³-hybridized carbons (Fsp3) is 0.208. The summed E-state index contributed by atoms with van der Waals surface area (Å²) in [6.07, 6.45) is -2.98. The largest absolute Gasteiger partial charge is 0.507 e. The van der Waals surface area contributed by atoms with Crippen LogP contribution in [0, 0.1) is 0 Å². The van der Waals surface area contributed by atoms with Crippen molar-refractivity contribution in [3.05, 3.63) is 74.5 Å². The summed E-state index contributed by atoms with van der Waals surface area (Å²) < 4.78 is 5.12. The zero-order valence-electron chi connectivity index (χ0n) is 17.6. The zero-order chi connectivity index (χ0) is 24.2. The van der Waals surface area contributed by atoms with Crippen molar-refractivity contribution >= 4 is 34.7 Å². The molecular weight excluding hydrogens is 462 g/mol. The number of ether oxygens (including phenoxy) is 1. The fourth-order valence-corrected chi connectivity index (χ4v) is 5.17. The maximum Gasteiger partial charge on any atom is 0.411 e. The second-order valence-electron chi connectivity index (χ2n) is 8.38. The molecule has 9 nitrogen and oxygen atoms in total. The molecule has 0 unspecified atom stereocenters. The molecule has 0 saturated carbocycles. The number of hydrogen-bond donors (Lipinski definition) is 5. The Kier molecular flexibility index (Phi) is 5.16. The molecule has 10 heteroatoms. The number of fused-ring (bicyclic) bond motifs is 3. The van der Waals surface area contributed by atoms with Gasteiger partial charge in [-0.15, -0.1) is 0 Å². The van der Waals surface area contributed by atoms with Gasteiger partial charge in [-0.1, -0.05) is 24.3 Å². The van der Waals surface area contributed by atoms with Crippen molar-refractivity contribution in [3.8, 4) is 11.5 Å². The van der Waals surface area contributed by atoms with Crippen LogP contribution in [0.5, 0.6) is 11.5 Å². The fourth-order valence-electron chi connectivity index (χ4n) is 4.58. The molecule has 2 aliphatic rings. The summed E-state index contributed by atoms with van der Waals surface area (Å²) in [6, 6.07) is 7.71. The first-order valence-electron chi connectivity index (χ1n) is 10.4. The molecule has 0 radical (unpaired) electrons. The number of carbonyl (C=O) groups is 3. The molecule has 34 heavy (non-hydrogen) atoms. The van der Waals surface area contributed by atoms with Gasteiger partial charge in [-0.2, -0.15) is 11.3 Å². The van der Waals surface area contributed by atoms with Crippen LogP contribution in [0.15, 0.2) is 41.1 Å². The monoisotopic (exact) mass is 481 g/mol. The van der Waals surface area contributed by atoms with Gasteiger partial charge >= 0.3 is 6.09 Å². The van der Waals surface area contributed by atoms with Gasteiger partial charge in [0.1, 0.15) is 23.7 Å². The Balaban J connectivity index is 1.49. The van der Waals surface area contributed by atoms with Crippen LogP contribution in [0.25, 0.3) is 0 Å². The summed E-state index contributed by atoms with van der Waals surface area (Å²) in [7, 11) is 0. The van der Waals surface area contributed by atoms with Gasteiger partial charge in [0.15, 0.2) is 11.6 Å². The maximum atomic E-state index is 13.1. The van der Waals surface area contributed by atoms with E-state index >= 15 is 0 Å². The van der Waals surface area contributed by atoms with Gasteiger partial charge in [0.2, 0.25) is 0 Å². The van der Waals surface area contributed by atoms with Crippen LogP contribution in [-0.4, -0.2) is 50.3 Å². The smallest absolute Gasteiger partial charge is 0.411 e. The molecule has 0 saturated heterocycles. The van der Waals surface area contributed by atoms with E-state index in [-0.39, 0.29) is 46.2 Å². The first-order valence-corrected chi connectivity index (χ1v) is 11.3. The maximum absolute atomic E-state index is 13.1. The number of rotatable bonds is 3. The molecule has 5 rings (SSSR count). The van der Waals surface area contributed by atoms with E-state index in [0.717, 1.165) is 0 Å². The number of amides is 1. The highest BCUT2D eigenvalue weighted by atomic mass is 32.1. The molecule has 0 aliphatic heterocycles. The minimum Gasteiger partial charge on any atom is -0.507 e. The molecule has 0 fully saturated rings. The van der Waals surface area contributed by atoms with Crippen LogP contribution in [0.1, 0.15) is 55.5 Å². The Bertz CT molecular complexity index is 1350. The number of nitrogens with one attached hydrogen (secondary N) is 1. The van der Waals surface area contributed by atoms with E-state index in [2.05, 4.69) is 5.32 Å². The van der Waals surface area contributed by atoms with E-state index in [4.69, 9.17) is 4.74 Å². The number of aromatic hydroxyl groups is 2. The first kappa shape index (κ1) is 22.1. The van der Waals surface area contributed by atoms with Crippen LogP contribution in [0.4, 0.5) is 10.5 Å². The van der Waals surface area contributed by atoms with Crippen LogP contribution in [-0.2, 0) is 11.2 Å². The van der Waals surface area contributed by atoms with Gasteiger partial charge in [0.05, 0.1) is 22.9 Å². The van der Waals surface area contributed by atoms with Gasteiger partial charge < -0.3 is 25.2 Å². The average molecular weight is 481 g/mol. The molecule has 1 aromatic heterocycles. The van der Waals surface area contributed by atoms with E-state index in [9.17, 15) is 34.8 Å². The predicted octanol–water partition coefficient (Wildman–Crippen LogP) is 2.89. The standard InChI is InChI=1S/C24H19NO8S/c26-15-8-24(32,10-33-23(31)25-11-5-6-34-9-11)7-14-16(15)22(30)18-17(21(14)29)19(27)12-3-1-2-4-13(12)20(18)28/h1-6,9,15,26,29-30,32H,7-8,10H2,(H,25,31)/t15-,24+/m0/s1. The topological polar surface area (TPSA) is 153 Å². The Morgan fingerprint density at radius 2 is 1.74 bits per heavy atom. The van der Waals surface area contributed by atoms with Crippen molar-refractivity contribution < 1.29 is 39.5 Å². The number of thiophene rings is 1. The summed E-state index contributed by atoms with van der Waals surface area (Å²) in [6.45, 7) is -0.521. The Hall–Kier alpha value is -3.73. The van der Waals surface area contributed by atoms with Crippen molar-refractivity contribution in [1.29, 1.82) is 0 Å². The Morgan fingerprint density at radius 1 is 1.09 bits per heavy atom. The number of aliphatic hydroxyl groups is 2. The second-order valence-corrected chi connectivity index (χ2v) is 9.16. The molecule has 0 spiro atoms. The summed E-state index contributed by atoms with van der Waals surface area (Å²) >= 11 is 1.37. The van der Waals surface area contributed by atoms with E-state index in [0.29, 0.717) is 5.69 Å². The number of hydrogen-bond acceptors (Lipinski definition) is 9. The number of anilines is 1. The van der Waals surface area contributed by atoms with E-state index in [1.54, 1.807) is 29.0 Å². The number of ketones is 2. The first-order chi connectivity index (χ1) is 16.2. The van der Waals surface area contributed by atoms with Crippen LogP contribution < -0.4 is 5.32 Å². The van der Waals surface area contributed by atoms with Gasteiger partial charge in [-0.3, -0.25) is 14.9 Å². The molecule has 2 atom stereocenters. The van der Waals surface area contributed by atoms with Crippen molar-refractivity contribution in [2.45, 2.75) is 24.5 Å². The summed E-state index contributed by atoms with van der Waals surface area (Å²) in [5.74, 6) is -2.52. The minimum atomic E-state index is -1.80. The average Bonchev–Trinajstić information content (AvgIpc) is 3.31. The molecule has 1 heterocycles. The molecule has 2 aromatic carbocycles. The molecule has 5 N–H and O–H groups in total. The lowest BCUT2D eigenvalue weighted by molar-refractivity contribution is -0.0613. The SMILES string of the molecule is O=C(Nc1ccsc1)OC[C@@]1(O)Cc2c(O)c3c(c(O)c2[C@@H](O)C1)C(=O)c1ccccc1C3=O. The lowest BCUT2D eigenvalue weighted by atomic mass is 9.73. The molecule has 3 aromatic rings. The molecular formula is C24H19NO8S. The van der Waals surface area contributed by atoms with E-state index < -0.39 is 47.5 Å². The van der Waals surface area contributed by atoms with Crippen molar-refractivity contribution in [1.82, 2.24) is 0 Å². The Labute approximate surface area is 196 Å². The molecule has 174 valence electrons. The third-order valence-electron chi connectivity index (χ3n) is 6.11. The quantitative estimate of drug-likeness (QED) is 0.280. The van der Waals surface area contributed by atoms with Gasteiger partial charge in [0.25, 0.3) is 0 Å². The predicted molar refractivity (Wildman–Crippen MR) is 121 cm³/mol. The third kappa shape index (κ3) is 3.43. The summed E-state index contributed by atoms with van der Waals surface area (Å²) in [5, 5.41) is 49.6. The second kappa shape index (κ2) is 7.94. The van der Waals surface area contributed by atoms with Crippen molar-refractivity contribution in [3.63, 3.8) is 0 Å². The van der Waals surface area contributed by atoms with Gasteiger partial charge in [0, 0.05) is 40.5 Å². The number of phenolic OH excluding ortho intramolecular Hbond substituents is 2. The highest BCUT2D eigenvalue weighted by Crippen LogP contribution is 2.50. The number of benzene rings is 2. The van der Waals surface area contributed by atoms with Crippen molar-refractivity contribution in [2.75, 3.05) is 11.9 Å². The van der Waals surface area contributed by atoms with Gasteiger partial charge in [-0.05, 0) is 11.4 Å². The highest BCUT2D eigenvalue weighted by Gasteiger charge is 2.45.